The minimum atomic E-state index is -1.02. The Morgan fingerprint density at radius 3 is 2.14 bits per heavy atom. The van der Waals surface area contributed by atoms with E-state index in [1.54, 1.807) is 20.3 Å². The SMILES string of the molecule is COc1cc(CCC(=O)N(C)C(C)C(=O)O)cc(OC)c1. The Hall–Kier alpha value is -2.24. The average Bonchev–Trinajstić information content (AvgIpc) is 2.50. The van der Waals surface area contributed by atoms with Crippen molar-refractivity contribution >= 4 is 11.9 Å². The lowest BCUT2D eigenvalue weighted by molar-refractivity contribution is -0.148. The summed E-state index contributed by atoms with van der Waals surface area (Å²) < 4.78 is 10.3. The molecule has 0 bridgehead atoms. The minimum absolute atomic E-state index is 0.216. The van der Waals surface area contributed by atoms with Gasteiger partial charge in [-0.3, -0.25) is 4.79 Å². The summed E-state index contributed by atoms with van der Waals surface area (Å²) in [5.74, 6) is 0.0775. The van der Waals surface area contributed by atoms with Gasteiger partial charge in [-0.2, -0.15) is 0 Å². The maximum atomic E-state index is 12.0. The third-order valence-electron chi connectivity index (χ3n) is 3.37. The first-order valence-electron chi connectivity index (χ1n) is 6.59. The maximum absolute atomic E-state index is 12.0. The highest BCUT2D eigenvalue weighted by molar-refractivity contribution is 5.83. The molecule has 1 amide bonds. The van der Waals surface area contributed by atoms with Gasteiger partial charge in [-0.05, 0) is 31.0 Å². The highest BCUT2D eigenvalue weighted by Crippen LogP contribution is 2.23. The second-order valence-electron chi connectivity index (χ2n) is 4.74. The van der Waals surface area contributed by atoms with Crippen LogP contribution in [0.25, 0.3) is 0 Å². The Morgan fingerprint density at radius 1 is 1.19 bits per heavy atom. The summed E-state index contributed by atoms with van der Waals surface area (Å²) in [5, 5.41) is 8.90. The number of rotatable bonds is 7. The number of ether oxygens (including phenoxy) is 2. The van der Waals surface area contributed by atoms with Crippen LogP contribution >= 0.6 is 0 Å². The number of carboxylic acids is 1. The lowest BCUT2D eigenvalue weighted by Crippen LogP contribution is -2.40. The fourth-order valence-corrected chi connectivity index (χ4v) is 1.82. The van der Waals surface area contributed by atoms with Crippen LogP contribution in [-0.2, 0) is 16.0 Å². The Bertz CT molecular complexity index is 493. The predicted molar refractivity (Wildman–Crippen MR) is 77.7 cm³/mol. The van der Waals surface area contributed by atoms with E-state index in [1.165, 1.54) is 18.9 Å². The number of aliphatic carboxylic acids is 1. The van der Waals surface area contributed by atoms with E-state index in [9.17, 15) is 9.59 Å². The monoisotopic (exact) mass is 295 g/mol. The van der Waals surface area contributed by atoms with Gasteiger partial charge in [0.1, 0.15) is 17.5 Å². The molecule has 0 radical (unpaired) electrons. The molecule has 0 aliphatic carbocycles. The standard InChI is InChI=1S/C15H21NO5/c1-10(15(18)19)16(2)14(17)6-5-11-7-12(20-3)9-13(8-11)21-4/h7-10H,5-6H2,1-4H3,(H,18,19). The number of carbonyl (C=O) groups is 2. The summed E-state index contributed by atoms with van der Waals surface area (Å²) in [7, 11) is 4.62. The largest absolute Gasteiger partial charge is 0.497 e. The zero-order valence-corrected chi connectivity index (χ0v) is 12.8. The van der Waals surface area contributed by atoms with Gasteiger partial charge in [0.05, 0.1) is 14.2 Å². The number of nitrogens with zero attached hydrogens (tertiary/aromatic N) is 1. The summed E-state index contributed by atoms with van der Waals surface area (Å²) in [6.07, 6.45) is 0.716. The van der Waals surface area contributed by atoms with Crippen LogP contribution in [0.3, 0.4) is 0 Å². The second kappa shape index (κ2) is 7.52. The molecule has 0 saturated heterocycles. The van der Waals surface area contributed by atoms with Gasteiger partial charge in [0.2, 0.25) is 5.91 Å². The first kappa shape index (κ1) is 16.8. The number of carbonyl (C=O) groups excluding carboxylic acids is 1. The molecule has 1 rings (SSSR count). The topological polar surface area (TPSA) is 76.1 Å². The van der Waals surface area contributed by atoms with Crippen LogP contribution in [0.15, 0.2) is 18.2 Å². The van der Waals surface area contributed by atoms with Crippen molar-refractivity contribution in [1.29, 1.82) is 0 Å². The second-order valence-corrected chi connectivity index (χ2v) is 4.74. The van der Waals surface area contributed by atoms with E-state index in [-0.39, 0.29) is 12.3 Å². The smallest absolute Gasteiger partial charge is 0.326 e. The molecule has 0 aromatic heterocycles. The molecule has 6 heteroatoms. The number of amides is 1. The van der Waals surface area contributed by atoms with Gasteiger partial charge in [-0.1, -0.05) is 0 Å². The molecule has 6 nitrogen and oxygen atoms in total. The fraction of sp³-hybridized carbons (Fsp3) is 0.467. The molecule has 0 aliphatic heterocycles. The molecule has 1 aromatic rings. The van der Waals surface area contributed by atoms with Gasteiger partial charge < -0.3 is 19.5 Å². The van der Waals surface area contributed by atoms with Gasteiger partial charge in [-0.15, -0.1) is 0 Å². The van der Waals surface area contributed by atoms with Crippen LogP contribution in [0.4, 0.5) is 0 Å². The van der Waals surface area contributed by atoms with Crippen LogP contribution in [0.1, 0.15) is 18.9 Å². The van der Waals surface area contributed by atoms with E-state index >= 15 is 0 Å². The molecular weight excluding hydrogens is 274 g/mol. The third kappa shape index (κ3) is 4.66. The lowest BCUT2D eigenvalue weighted by atomic mass is 10.1. The van der Waals surface area contributed by atoms with Crippen molar-refractivity contribution in [2.45, 2.75) is 25.8 Å². The molecule has 116 valence electrons. The first-order chi connectivity index (χ1) is 9.88. The molecule has 1 atom stereocenters. The van der Waals surface area contributed by atoms with E-state index in [1.807, 2.05) is 12.1 Å². The maximum Gasteiger partial charge on any atom is 0.326 e. The molecule has 1 N–H and O–H groups in total. The number of hydrogen-bond acceptors (Lipinski definition) is 4. The Balaban J connectivity index is 2.70. The van der Waals surface area contributed by atoms with Gasteiger partial charge in [0.25, 0.3) is 0 Å². The number of methoxy groups -OCH3 is 2. The zero-order valence-electron chi connectivity index (χ0n) is 12.8. The normalized spacial score (nSPS) is 11.6. The molecule has 1 aromatic carbocycles. The Morgan fingerprint density at radius 2 is 1.71 bits per heavy atom. The molecular formula is C15H21NO5. The van der Waals surface area contributed by atoms with Crippen LogP contribution < -0.4 is 9.47 Å². The Kier molecular flexibility index (Phi) is 6.02. The molecule has 1 unspecified atom stereocenters. The fourth-order valence-electron chi connectivity index (χ4n) is 1.82. The lowest BCUT2D eigenvalue weighted by Gasteiger charge is -2.21. The van der Waals surface area contributed by atoms with Crippen molar-refractivity contribution in [3.05, 3.63) is 23.8 Å². The van der Waals surface area contributed by atoms with Crippen molar-refractivity contribution < 1.29 is 24.2 Å². The first-order valence-corrected chi connectivity index (χ1v) is 6.59. The van der Waals surface area contributed by atoms with Crippen molar-refractivity contribution in [3.63, 3.8) is 0 Å². The van der Waals surface area contributed by atoms with Gasteiger partial charge >= 0.3 is 5.97 Å². The number of aryl methyl sites for hydroxylation is 1. The molecule has 0 aliphatic rings. The van der Waals surface area contributed by atoms with E-state index in [2.05, 4.69) is 0 Å². The quantitative estimate of drug-likeness (QED) is 0.826. The number of hydrogen-bond donors (Lipinski definition) is 1. The minimum Gasteiger partial charge on any atom is -0.497 e. The van der Waals surface area contributed by atoms with Crippen molar-refractivity contribution in [2.24, 2.45) is 0 Å². The summed E-state index contributed by atoms with van der Waals surface area (Å²) in [5.41, 5.74) is 0.899. The van der Waals surface area contributed by atoms with Crippen molar-refractivity contribution in [2.75, 3.05) is 21.3 Å². The zero-order chi connectivity index (χ0) is 16.0. The summed E-state index contributed by atoms with van der Waals surface area (Å²) in [6.45, 7) is 1.48. The number of benzene rings is 1. The average molecular weight is 295 g/mol. The van der Waals surface area contributed by atoms with Crippen LogP contribution in [0.2, 0.25) is 0 Å². The summed E-state index contributed by atoms with van der Waals surface area (Å²) in [6, 6.07) is 4.58. The summed E-state index contributed by atoms with van der Waals surface area (Å²) in [4.78, 5) is 24.1. The summed E-state index contributed by atoms with van der Waals surface area (Å²) >= 11 is 0. The van der Waals surface area contributed by atoms with E-state index < -0.39 is 12.0 Å². The number of carboxylic acid groups (broad SMARTS) is 1. The molecule has 0 spiro atoms. The van der Waals surface area contributed by atoms with Crippen molar-refractivity contribution in [3.8, 4) is 11.5 Å². The highest BCUT2D eigenvalue weighted by atomic mass is 16.5. The van der Waals surface area contributed by atoms with Gasteiger partial charge in [0.15, 0.2) is 0 Å². The molecule has 0 saturated carbocycles. The van der Waals surface area contributed by atoms with E-state index in [4.69, 9.17) is 14.6 Å². The highest BCUT2D eigenvalue weighted by Gasteiger charge is 2.21. The number of likely N-dealkylation sites (N-methyl/N-ethyl adjacent to an activating group) is 1. The molecule has 0 heterocycles. The molecule has 0 fully saturated rings. The molecule has 21 heavy (non-hydrogen) atoms. The third-order valence-corrected chi connectivity index (χ3v) is 3.37. The van der Waals surface area contributed by atoms with Crippen LogP contribution in [0.5, 0.6) is 11.5 Å². The van der Waals surface area contributed by atoms with Gasteiger partial charge in [0, 0.05) is 19.5 Å². The van der Waals surface area contributed by atoms with Crippen LogP contribution in [0, 0.1) is 0 Å². The van der Waals surface area contributed by atoms with E-state index in [0.717, 1.165) is 5.56 Å². The predicted octanol–water partition coefficient (Wildman–Crippen LogP) is 1.57. The Labute approximate surface area is 124 Å². The van der Waals surface area contributed by atoms with Gasteiger partial charge in [-0.25, -0.2) is 4.79 Å². The van der Waals surface area contributed by atoms with Crippen LogP contribution in [-0.4, -0.2) is 49.2 Å². The van der Waals surface area contributed by atoms with Crippen molar-refractivity contribution in [1.82, 2.24) is 4.90 Å². The van der Waals surface area contributed by atoms with E-state index in [0.29, 0.717) is 17.9 Å².